The molecule has 1 aliphatic heterocycles. The highest BCUT2D eigenvalue weighted by Gasteiger charge is 2.26. The molecule has 3 heterocycles. The van der Waals surface area contributed by atoms with Crippen molar-refractivity contribution in [3.63, 3.8) is 0 Å². The molecule has 0 unspecified atom stereocenters. The molecule has 2 aromatic heterocycles. The molecule has 124 valence electrons. The van der Waals surface area contributed by atoms with Gasteiger partial charge in [0.15, 0.2) is 16.2 Å². The highest BCUT2D eigenvalue weighted by atomic mass is 35.5. The third-order valence-electron chi connectivity index (χ3n) is 3.85. The molecule has 0 bridgehead atoms. The van der Waals surface area contributed by atoms with Gasteiger partial charge in [0, 0.05) is 5.56 Å². The van der Waals surface area contributed by atoms with Gasteiger partial charge in [-0.15, -0.1) is 5.10 Å². The summed E-state index contributed by atoms with van der Waals surface area (Å²) in [7, 11) is 0. The van der Waals surface area contributed by atoms with Crippen LogP contribution in [0, 0.1) is 11.6 Å². The molecule has 0 saturated carbocycles. The zero-order valence-electron chi connectivity index (χ0n) is 12.1. The molecule has 0 atom stereocenters. The monoisotopic (exact) mass is 353 g/mol. The summed E-state index contributed by atoms with van der Waals surface area (Å²) in [6.07, 6.45) is 0. The van der Waals surface area contributed by atoms with Crippen molar-refractivity contribution in [2.24, 2.45) is 0 Å². The molecule has 0 radical (unpaired) electrons. The van der Waals surface area contributed by atoms with Crippen molar-refractivity contribution in [1.29, 1.82) is 0 Å². The van der Waals surface area contributed by atoms with Crippen LogP contribution >= 0.6 is 11.6 Å². The van der Waals surface area contributed by atoms with Gasteiger partial charge < -0.3 is 4.74 Å². The van der Waals surface area contributed by atoms with Gasteiger partial charge in [-0.05, 0) is 12.1 Å². The number of fused-ring (bicyclic) bond motifs is 1. The Hall–Kier alpha value is -2.39. The lowest BCUT2D eigenvalue weighted by atomic mass is 10.2. The predicted molar refractivity (Wildman–Crippen MR) is 79.9 cm³/mol. The Kier molecular flexibility index (Phi) is 3.54. The molecular weight excluding hydrogens is 344 g/mol. The lowest BCUT2D eigenvalue weighted by Crippen LogP contribution is -2.39. The second-order valence-electron chi connectivity index (χ2n) is 5.38. The van der Waals surface area contributed by atoms with Crippen molar-refractivity contribution in [2.75, 3.05) is 13.2 Å². The smallest absolute Gasteiger partial charge is 0.298 e. The quantitative estimate of drug-likeness (QED) is 0.714. The minimum Gasteiger partial charge on any atom is -0.377 e. The van der Waals surface area contributed by atoms with Crippen LogP contribution in [0.3, 0.4) is 0 Å². The number of hydrogen-bond acceptors (Lipinski definition) is 5. The van der Waals surface area contributed by atoms with E-state index in [0.29, 0.717) is 13.2 Å². The number of aromatic nitrogens is 5. The van der Waals surface area contributed by atoms with Crippen molar-refractivity contribution in [1.82, 2.24) is 24.8 Å². The minimum absolute atomic E-state index is 0.00125. The van der Waals surface area contributed by atoms with Gasteiger partial charge >= 0.3 is 0 Å². The van der Waals surface area contributed by atoms with Crippen LogP contribution in [0.5, 0.6) is 0 Å². The molecule has 0 aliphatic carbocycles. The molecule has 0 amide bonds. The van der Waals surface area contributed by atoms with Crippen molar-refractivity contribution in [3.05, 3.63) is 50.9 Å². The summed E-state index contributed by atoms with van der Waals surface area (Å²) in [5, 5.41) is 11.8. The highest BCUT2D eigenvalue weighted by Crippen LogP contribution is 2.22. The highest BCUT2D eigenvalue weighted by molar-refractivity contribution is 6.33. The Balaban J connectivity index is 1.81. The zero-order chi connectivity index (χ0) is 16.8. The number of ether oxygens (including phenoxy) is 1. The minimum atomic E-state index is -0.722. The topological polar surface area (TPSA) is 74.8 Å². The van der Waals surface area contributed by atoms with Crippen LogP contribution in [0.2, 0.25) is 5.15 Å². The Morgan fingerprint density at radius 3 is 2.58 bits per heavy atom. The summed E-state index contributed by atoms with van der Waals surface area (Å²) in [5.74, 6) is -1.44. The number of halogens is 3. The second-order valence-corrected chi connectivity index (χ2v) is 5.73. The van der Waals surface area contributed by atoms with Gasteiger partial charge in [-0.2, -0.15) is 5.10 Å². The number of hydrogen-bond donors (Lipinski definition) is 0. The first-order valence-electron chi connectivity index (χ1n) is 7.08. The van der Waals surface area contributed by atoms with Crippen LogP contribution < -0.4 is 5.56 Å². The second kappa shape index (κ2) is 5.60. The van der Waals surface area contributed by atoms with Crippen LogP contribution in [0.1, 0.15) is 11.6 Å². The van der Waals surface area contributed by atoms with E-state index in [9.17, 15) is 13.6 Å². The molecule has 4 rings (SSSR count). The molecule has 7 nitrogen and oxygen atoms in total. The molecule has 10 heteroatoms. The first-order valence-corrected chi connectivity index (χ1v) is 7.46. The number of nitrogens with zero attached hydrogens (tertiary/aromatic N) is 5. The van der Waals surface area contributed by atoms with Crippen molar-refractivity contribution >= 4 is 22.6 Å². The van der Waals surface area contributed by atoms with Gasteiger partial charge in [-0.1, -0.05) is 22.9 Å². The number of rotatable bonds is 3. The molecule has 1 aromatic carbocycles. The Morgan fingerprint density at radius 2 is 1.96 bits per heavy atom. The number of benzene rings is 1. The molecule has 1 saturated heterocycles. The van der Waals surface area contributed by atoms with E-state index in [0.717, 1.165) is 16.8 Å². The lowest BCUT2D eigenvalue weighted by Gasteiger charge is -2.25. The van der Waals surface area contributed by atoms with Crippen LogP contribution in [-0.2, 0) is 11.3 Å². The van der Waals surface area contributed by atoms with E-state index >= 15 is 0 Å². The Labute approximate surface area is 138 Å². The van der Waals surface area contributed by atoms with Crippen LogP contribution in [0.4, 0.5) is 8.78 Å². The summed E-state index contributed by atoms with van der Waals surface area (Å²) in [6, 6.07) is 3.35. The zero-order valence-corrected chi connectivity index (χ0v) is 12.9. The summed E-state index contributed by atoms with van der Waals surface area (Å²) in [4.78, 5) is 12.4. The fourth-order valence-electron chi connectivity index (χ4n) is 2.45. The van der Waals surface area contributed by atoms with Gasteiger partial charge in [0.05, 0.1) is 19.8 Å². The van der Waals surface area contributed by atoms with Crippen molar-refractivity contribution < 1.29 is 13.5 Å². The van der Waals surface area contributed by atoms with Gasteiger partial charge in [0.1, 0.15) is 17.7 Å². The summed E-state index contributed by atoms with van der Waals surface area (Å²) in [6.45, 7) is 0.476. The van der Waals surface area contributed by atoms with E-state index in [4.69, 9.17) is 16.3 Å². The maximum absolute atomic E-state index is 13.8. The molecule has 3 aromatic rings. The van der Waals surface area contributed by atoms with Crippen LogP contribution in [0.15, 0.2) is 23.0 Å². The largest absolute Gasteiger partial charge is 0.377 e. The maximum atomic E-state index is 13.8. The molecule has 0 N–H and O–H groups in total. The Morgan fingerprint density at radius 1 is 1.25 bits per heavy atom. The van der Waals surface area contributed by atoms with E-state index < -0.39 is 17.2 Å². The van der Waals surface area contributed by atoms with E-state index in [-0.39, 0.29) is 34.3 Å². The molecule has 24 heavy (non-hydrogen) atoms. The average Bonchev–Trinajstić information content (AvgIpc) is 2.82. The summed E-state index contributed by atoms with van der Waals surface area (Å²) < 4.78 is 34.9. The van der Waals surface area contributed by atoms with Gasteiger partial charge in [0.2, 0.25) is 0 Å². The summed E-state index contributed by atoms with van der Waals surface area (Å²) >= 11 is 6.14. The molecular formula is C14H10ClF2N5O2. The normalized spacial score (nSPS) is 15.0. The van der Waals surface area contributed by atoms with Gasteiger partial charge in [-0.3, -0.25) is 4.79 Å². The van der Waals surface area contributed by atoms with E-state index in [1.54, 1.807) is 0 Å². The predicted octanol–water partition coefficient (Wildman–Crippen LogP) is 1.54. The van der Waals surface area contributed by atoms with Crippen LogP contribution in [-0.4, -0.2) is 38.0 Å². The van der Waals surface area contributed by atoms with Gasteiger partial charge in [-0.25, -0.2) is 18.1 Å². The average molecular weight is 354 g/mol. The van der Waals surface area contributed by atoms with E-state index in [1.165, 1.54) is 10.7 Å². The van der Waals surface area contributed by atoms with Crippen molar-refractivity contribution in [2.45, 2.75) is 12.6 Å². The van der Waals surface area contributed by atoms with E-state index in [1.807, 2.05) is 0 Å². The molecule has 1 aliphatic rings. The lowest BCUT2D eigenvalue weighted by molar-refractivity contribution is -0.0317. The van der Waals surface area contributed by atoms with Gasteiger partial charge in [0.25, 0.3) is 5.56 Å². The first kappa shape index (κ1) is 15.2. The first-order chi connectivity index (χ1) is 11.6. The fourth-order valence-corrected chi connectivity index (χ4v) is 2.67. The molecule has 0 spiro atoms. The third kappa shape index (κ3) is 2.28. The van der Waals surface area contributed by atoms with Crippen LogP contribution in [0.25, 0.3) is 11.0 Å². The molecule has 1 fully saturated rings. The standard InChI is InChI=1S/C14H10ClF2N5O2/c15-13-11-12(14(23)22(20-18-11)7-5-24-6-7)19-21(13)4-8-9(16)2-1-3-10(8)17/h1-3,7H,4-6H2. The fraction of sp³-hybridized carbons (Fsp3) is 0.286. The summed E-state index contributed by atoms with van der Waals surface area (Å²) in [5.41, 5.74) is -0.579. The third-order valence-corrected chi connectivity index (χ3v) is 4.23. The maximum Gasteiger partial charge on any atom is 0.298 e. The van der Waals surface area contributed by atoms with Crippen molar-refractivity contribution in [3.8, 4) is 0 Å². The van der Waals surface area contributed by atoms with E-state index in [2.05, 4.69) is 15.4 Å². The Bertz CT molecular complexity index is 978. The SMILES string of the molecule is O=c1c2nn(Cc3c(F)cccc3F)c(Cl)c2nnn1C1COC1.